The maximum Gasteiger partial charge on any atom is 0.272 e. The molecular formula is C13H12Cl2N2O2. The molecule has 2 rings (SSSR count). The second-order valence-electron chi connectivity index (χ2n) is 3.95. The second kappa shape index (κ2) is 5.55. The number of halogens is 2. The van der Waals surface area contributed by atoms with Crippen molar-refractivity contribution in [1.29, 1.82) is 0 Å². The van der Waals surface area contributed by atoms with Gasteiger partial charge in [-0.3, -0.25) is 4.79 Å². The summed E-state index contributed by atoms with van der Waals surface area (Å²) in [5.74, 6) is -0.310. The Kier molecular flexibility index (Phi) is 4.02. The summed E-state index contributed by atoms with van der Waals surface area (Å²) in [4.78, 5) is 12.1. The van der Waals surface area contributed by atoms with Crippen molar-refractivity contribution in [2.24, 2.45) is 0 Å². The van der Waals surface area contributed by atoms with Crippen molar-refractivity contribution < 1.29 is 9.90 Å². The average molecular weight is 299 g/mol. The number of aromatic hydroxyl groups is 1. The van der Waals surface area contributed by atoms with E-state index < -0.39 is 0 Å². The zero-order valence-electron chi connectivity index (χ0n) is 10.2. The van der Waals surface area contributed by atoms with Gasteiger partial charge in [-0.25, -0.2) is 0 Å². The molecular weight excluding hydrogens is 287 g/mol. The Labute approximate surface area is 120 Å². The molecule has 0 aliphatic rings. The summed E-state index contributed by atoms with van der Waals surface area (Å²) in [6, 6.07) is 6.07. The van der Waals surface area contributed by atoms with E-state index in [1.165, 1.54) is 12.1 Å². The average Bonchev–Trinajstić information content (AvgIpc) is 2.75. The van der Waals surface area contributed by atoms with E-state index >= 15 is 0 Å². The third-order valence-corrected chi connectivity index (χ3v) is 3.15. The summed E-state index contributed by atoms with van der Waals surface area (Å²) in [6.07, 6.45) is 1.69. The van der Waals surface area contributed by atoms with Gasteiger partial charge in [0.1, 0.15) is 11.4 Å². The van der Waals surface area contributed by atoms with Crippen molar-refractivity contribution in [2.45, 2.75) is 13.5 Å². The number of carbonyl (C=O) groups excluding carboxylic acids is 1. The van der Waals surface area contributed by atoms with Crippen molar-refractivity contribution in [3.8, 4) is 5.75 Å². The summed E-state index contributed by atoms with van der Waals surface area (Å²) in [5.41, 5.74) is 0.976. The molecule has 0 saturated carbocycles. The van der Waals surface area contributed by atoms with Crippen LogP contribution in [-0.2, 0) is 6.54 Å². The molecule has 0 bridgehead atoms. The molecule has 1 aromatic heterocycles. The molecule has 2 N–H and O–H groups in total. The molecule has 19 heavy (non-hydrogen) atoms. The van der Waals surface area contributed by atoms with Crippen molar-refractivity contribution in [3.63, 3.8) is 0 Å². The zero-order valence-corrected chi connectivity index (χ0v) is 11.7. The van der Waals surface area contributed by atoms with Gasteiger partial charge in [-0.05, 0) is 31.2 Å². The number of aromatic nitrogens is 1. The van der Waals surface area contributed by atoms with E-state index in [1.807, 2.05) is 6.92 Å². The molecule has 0 spiro atoms. The van der Waals surface area contributed by atoms with Gasteiger partial charge in [0.2, 0.25) is 0 Å². The molecule has 6 heteroatoms. The predicted octanol–water partition coefficient (Wildman–Crippen LogP) is 3.77. The Balaban J connectivity index is 2.22. The molecule has 1 amide bonds. The van der Waals surface area contributed by atoms with Crippen LogP contribution in [0.1, 0.15) is 17.4 Å². The highest BCUT2D eigenvalue weighted by Gasteiger charge is 2.13. The summed E-state index contributed by atoms with van der Waals surface area (Å²) < 4.78 is 1.75. The lowest BCUT2D eigenvalue weighted by Crippen LogP contribution is -2.16. The van der Waals surface area contributed by atoms with Crippen molar-refractivity contribution >= 4 is 34.8 Å². The molecule has 1 aromatic carbocycles. The van der Waals surface area contributed by atoms with Crippen LogP contribution in [0.3, 0.4) is 0 Å². The van der Waals surface area contributed by atoms with Crippen molar-refractivity contribution in [1.82, 2.24) is 4.57 Å². The molecule has 0 saturated heterocycles. The summed E-state index contributed by atoms with van der Waals surface area (Å²) >= 11 is 11.7. The number of nitrogens with zero attached hydrogens (tertiary/aromatic N) is 1. The van der Waals surface area contributed by atoms with Crippen molar-refractivity contribution in [2.75, 3.05) is 5.32 Å². The fourth-order valence-electron chi connectivity index (χ4n) is 1.71. The number of phenolic OH excluding ortho intramolecular Hbond substituents is 1. The highest BCUT2D eigenvalue weighted by molar-refractivity contribution is 6.32. The highest BCUT2D eigenvalue weighted by atomic mass is 35.5. The molecule has 4 nitrogen and oxygen atoms in total. The Bertz CT molecular complexity index is 623. The molecule has 1 heterocycles. The molecule has 2 aromatic rings. The third kappa shape index (κ3) is 3.03. The first-order chi connectivity index (χ1) is 9.01. The lowest BCUT2D eigenvalue weighted by Gasteiger charge is -2.08. The number of aryl methyl sites for hydroxylation is 1. The number of hydrogen-bond acceptors (Lipinski definition) is 2. The number of benzene rings is 1. The number of rotatable bonds is 3. The van der Waals surface area contributed by atoms with Gasteiger partial charge in [-0.1, -0.05) is 23.2 Å². The van der Waals surface area contributed by atoms with E-state index in [4.69, 9.17) is 23.2 Å². The minimum atomic E-state index is -0.282. The van der Waals surface area contributed by atoms with Crippen LogP contribution in [-0.4, -0.2) is 15.6 Å². The van der Waals surface area contributed by atoms with Gasteiger partial charge in [0.25, 0.3) is 5.91 Å². The number of phenols is 1. The lowest BCUT2D eigenvalue weighted by molar-refractivity contribution is 0.101. The van der Waals surface area contributed by atoms with Crippen LogP contribution in [0.5, 0.6) is 5.75 Å². The first-order valence-corrected chi connectivity index (χ1v) is 6.42. The normalized spacial score (nSPS) is 10.5. The van der Waals surface area contributed by atoms with E-state index in [-0.39, 0.29) is 16.7 Å². The van der Waals surface area contributed by atoms with Gasteiger partial charge in [-0.2, -0.15) is 0 Å². The largest absolute Gasteiger partial charge is 0.506 e. The van der Waals surface area contributed by atoms with Gasteiger partial charge in [0, 0.05) is 18.4 Å². The van der Waals surface area contributed by atoms with E-state index in [0.717, 1.165) is 0 Å². The van der Waals surface area contributed by atoms with Gasteiger partial charge in [0.05, 0.1) is 10.0 Å². The van der Waals surface area contributed by atoms with Crippen LogP contribution >= 0.6 is 23.2 Å². The van der Waals surface area contributed by atoms with Crippen LogP contribution in [0, 0.1) is 0 Å². The summed E-state index contributed by atoms with van der Waals surface area (Å²) in [5, 5.41) is 12.7. The van der Waals surface area contributed by atoms with Crippen LogP contribution in [0.25, 0.3) is 0 Å². The number of hydrogen-bond donors (Lipinski definition) is 2. The quantitative estimate of drug-likeness (QED) is 0.848. The number of amides is 1. The number of carbonyl (C=O) groups is 1. The highest BCUT2D eigenvalue weighted by Crippen LogP contribution is 2.26. The second-order valence-corrected chi connectivity index (χ2v) is 4.79. The van der Waals surface area contributed by atoms with Crippen LogP contribution in [0.4, 0.5) is 5.69 Å². The predicted molar refractivity (Wildman–Crippen MR) is 76.2 cm³/mol. The van der Waals surface area contributed by atoms with Crippen LogP contribution in [0.2, 0.25) is 10.0 Å². The van der Waals surface area contributed by atoms with E-state index in [0.29, 0.717) is 22.9 Å². The topological polar surface area (TPSA) is 54.3 Å². The van der Waals surface area contributed by atoms with Gasteiger partial charge >= 0.3 is 0 Å². The standard InChI is InChI=1S/C13H12Cl2N2O2/c1-2-17-7-8(14)5-11(17)13(19)16-9-3-4-12(18)10(15)6-9/h3-7,18H,2H2,1H3,(H,16,19). The molecule has 0 atom stereocenters. The fourth-order valence-corrected chi connectivity index (χ4v) is 2.11. The third-order valence-electron chi connectivity index (χ3n) is 2.64. The maximum atomic E-state index is 12.1. The van der Waals surface area contributed by atoms with Crippen LogP contribution < -0.4 is 5.32 Å². The van der Waals surface area contributed by atoms with Crippen LogP contribution in [0.15, 0.2) is 30.5 Å². The first-order valence-electron chi connectivity index (χ1n) is 5.66. The number of anilines is 1. The monoisotopic (exact) mass is 298 g/mol. The Morgan fingerprint density at radius 2 is 2.11 bits per heavy atom. The minimum Gasteiger partial charge on any atom is -0.506 e. The van der Waals surface area contributed by atoms with E-state index in [2.05, 4.69) is 5.32 Å². The van der Waals surface area contributed by atoms with Gasteiger partial charge in [-0.15, -0.1) is 0 Å². The fraction of sp³-hybridized carbons (Fsp3) is 0.154. The molecule has 0 aliphatic heterocycles. The minimum absolute atomic E-state index is 0.0281. The molecule has 0 unspecified atom stereocenters. The maximum absolute atomic E-state index is 12.1. The molecule has 0 fully saturated rings. The molecule has 0 aliphatic carbocycles. The van der Waals surface area contributed by atoms with Crippen molar-refractivity contribution in [3.05, 3.63) is 46.2 Å². The smallest absolute Gasteiger partial charge is 0.272 e. The van der Waals surface area contributed by atoms with Gasteiger partial charge < -0.3 is 15.0 Å². The number of nitrogens with one attached hydrogen (secondary N) is 1. The Morgan fingerprint density at radius 1 is 1.37 bits per heavy atom. The molecule has 100 valence electrons. The summed E-state index contributed by atoms with van der Waals surface area (Å²) in [7, 11) is 0. The Morgan fingerprint density at radius 3 is 2.74 bits per heavy atom. The zero-order chi connectivity index (χ0) is 14.0. The first kappa shape index (κ1) is 13.8. The molecule has 0 radical (unpaired) electrons. The van der Waals surface area contributed by atoms with E-state index in [9.17, 15) is 9.90 Å². The lowest BCUT2D eigenvalue weighted by atomic mass is 10.3. The summed E-state index contributed by atoms with van der Waals surface area (Å²) in [6.45, 7) is 2.57. The van der Waals surface area contributed by atoms with Gasteiger partial charge in [0.15, 0.2) is 0 Å². The van der Waals surface area contributed by atoms with E-state index in [1.54, 1.807) is 22.9 Å². The Hall–Kier alpha value is -1.65. The SMILES string of the molecule is CCn1cc(Cl)cc1C(=O)Nc1ccc(O)c(Cl)c1.